The van der Waals surface area contributed by atoms with Crippen molar-refractivity contribution in [1.82, 2.24) is 4.57 Å². The van der Waals surface area contributed by atoms with E-state index in [4.69, 9.17) is 16.7 Å². The largest absolute Gasteiger partial charge is 0.396 e. The van der Waals surface area contributed by atoms with E-state index in [-0.39, 0.29) is 5.70 Å². The highest BCUT2D eigenvalue weighted by atomic mass is 15.0. The number of para-hydroxylation sites is 1. The molecule has 0 aliphatic carbocycles. The van der Waals surface area contributed by atoms with Gasteiger partial charge in [0.25, 0.3) is 0 Å². The van der Waals surface area contributed by atoms with Gasteiger partial charge in [-0.1, -0.05) is 18.2 Å². The number of nitrogens with two attached hydrogens (primary N) is 2. The molecule has 0 saturated heterocycles. The maximum atomic E-state index is 8.83. The van der Waals surface area contributed by atoms with E-state index in [1.165, 1.54) is 0 Å². The van der Waals surface area contributed by atoms with Crippen LogP contribution in [0.2, 0.25) is 0 Å². The maximum Gasteiger partial charge on any atom is 0.134 e. The summed E-state index contributed by atoms with van der Waals surface area (Å²) in [7, 11) is 0. The molecule has 1 aromatic heterocycles. The van der Waals surface area contributed by atoms with E-state index in [0.717, 1.165) is 22.6 Å². The van der Waals surface area contributed by atoms with Crippen molar-refractivity contribution in [1.29, 1.82) is 5.26 Å². The molecular formula is C15H16N4. The monoisotopic (exact) mass is 252 g/mol. The summed E-state index contributed by atoms with van der Waals surface area (Å²) in [5.41, 5.74) is 15.8. The van der Waals surface area contributed by atoms with Crippen molar-refractivity contribution in [2.24, 2.45) is 11.5 Å². The first kappa shape index (κ1) is 12.8. The standard InChI is InChI=1S/C15H16N4/c1-10-8-13(15(18)14(17)9-16)11(2)19(10)12-6-4-3-5-7-12/h3-8H,17-18H2,1-2H3/b15-14-. The number of aromatic nitrogens is 1. The second-order valence-corrected chi connectivity index (χ2v) is 4.39. The van der Waals surface area contributed by atoms with Crippen molar-refractivity contribution in [3.05, 3.63) is 59.0 Å². The van der Waals surface area contributed by atoms with Gasteiger partial charge in [-0.25, -0.2) is 0 Å². The Kier molecular flexibility index (Phi) is 3.30. The number of hydrogen-bond acceptors (Lipinski definition) is 3. The molecule has 0 saturated carbocycles. The molecule has 19 heavy (non-hydrogen) atoms. The number of rotatable bonds is 2. The first-order chi connectivity index (χ1) is 9.06. The summed E-state index contributed by atoms with van der Waals surface area (Å²) >= 11 is 0. The molecule has 0 unspecified atom stereocenters. The highest BCUT2D eigenvalue weighted by Crippen LogP contribution is 2.24. The van der Waals surface area contributed by atoms with Gasteiger partial charge < -0.3 is 16.0 Å². The zero-order chi connectivity index (χ0) is 14.0. The van der Waals surface area contributed by atoms with Gasteiger partial charge in [0.05, 0.1) is 5.70 Å². The Balaban J connectivity index is 2.63. The Bertz CT molecular complexity index is 672. The first-order valence-corrected chi connectivity index (χ1v) is 5.96. The zero-order valence-electron chi connectivity index (χ0n) is 11.0. The number of nitriles is 1. The van der Waals surface area contributed by atoms with E-state index in [2.05, 4.69) is 4.57 Å². The lowest BCUT2D eigenvalue weighted by Gasteiger charge is -2.10. The molecule has 4 N–H and O–H groups in total. The van der Waals surface area contributed by atoms with Gasteiger partial charge >= 0.3 is 0 Å². The lowest BCUT2D eigenvalue weighted by molar-refractivity contribution is 0.963. The van der Waals surface area contributed by atoms with Crippen LogP contribution in [0.5, 0.6) is 0 Å². The third-order valence-corrected chi connectivity index (χ3v) is 3.15. The molecule has 1 heterocycles. The summed E-state index contributed by atoms with van der Waals surface area (Å²) in [5, 5.41) is 8.83. The van der Waals surface area contributed by atoms with E-state index in [9.17, 15) is 0 Å². The van der Waals surface area contributed by atoms with Gasteiger partial charge in [-0.05, 0) is 32.0 Å². The second-order valence-electron chi connectivity index (χ2n) is 4.39. The summed E-state index contributed by atoms with van der Waals surface area (Å²) in [6.45, 7) is 3.96. The second kappa shape index (κ2) is 4.91. The fourth-order valence-electron chi connectivity index (χ4n) is 2.22. The Morgan fingerprint density at radius 1 is 1.16 bits per heavy atom. The van der Waals surface area contributed by atoms with E-state index < -0.39 is 0 Å². The molecule has 4 heteroatoms. The van der Waals surface area contributed by atoms with Crippen molar-refractivity contribution in [3.63, 3.8) is 0 Å². The number of benzene rings is 1. The van der Waals surface area contributed by atoms with Gasteiger partial charge in [-0.2, -0.15) is 5.26 Å². The molecule has 96 valence electrons. The summed E-state index contributed by atoms with van der Waals surface area (Å²) < 4.78 is 2.09. The highest BCUT2D eigenvalue weighted by Gasteiger charge is 2.14. The molecule has 0 spiro atoms. The van der Waals surface area contributed by atoms with Crippen molar-refractivity contribution in [3.8, 4) is 11.8 Å². The molecule has 2 rings (SSSR count). The fourth-order valence-corrected chi connectivity index (χ4v) is 2.22. The Hall–Kier alpha value is -2.67. The smallest absolute Gasteiger partial charge is 0.134 e. The molecule has 0 bridgehead atoms. The third kappa shape index (κ3) is 2.18. The number of allylic oxidation sites excluding steroid dienone is 1. The molecule has 0 fully saturated rings. The topological polar surface area (TPSA) is 80.8 Å². The van der Waals surface area contributed by atoms with Crippen molar-refractivity contribution >= 4 is 5.70 Å². The molecule has 0 aliphatic rings. The normalized spacial score (nSPS) is 11.8. The molecule has 4 nitrogen and oxygen atoms in total. The number of nitrogens with zero attached hydrogens (tertiary/aromatic N) is 2. The van der Waals surface area contributed by atoms with E-state index in [0.29, 0.717) is 5.70 Å². The van der Waals surface area contributed by atoms with Crippen molar-refractivity contribution < 1.29 is 0 Å². The SMILES string of the molecule is Cc1cc(/C(N)=C(/N)C#N)c(C)n1-c1ccccc1. The van der Waals surface area contributed by atoms with E-state index in [1.54, 1.807) is 0 Å². The molecule has 0 amide bonds. The summed E-state index contributed by atoms with van der Waals surface area (Å²) in [5.74, 6) is 0. The van der Waals surface area contributed by atoms with Crippen LogP contribution in [-0.4, -0.2) is 4.57 Å². The van der Waals surface area contributed by atoms with Crippen LogP contribution in [0.3, 0.4) is 0 Å². The number of hydrogen-bond donors (Lipinski definition) is 2. The Labute approximate surface area is 112 Å². The molecule has 0 aliphatic heterocycles. The quantitative estimate of drug-likeness (QED) is 0.804. The van der Waals surface area contributed by atoms with Gasteiger partial charge in [-0.15, -0.1) is 0 Å². The highest BCUT2D eigenvalue weighted by molar-refractivity contribution is 5.71. The number of aryl methyl sites for hydroxylation is 1. The summed E-state index contributed by atoms with van der Waals surface area (Å²) in [6.07, 6.45) is 0. The predicted molar refractivity (Wildman–Crippen MR) is 76.2 cm³/mol. The summed E-state index contributed by atoms with van der Waals surface area (Å²) in [6, 6.07) is 13.8. The zero-order valence-corrected chi connectivity index (χ0v) is 11.0. The van der Waals surface area contributed by atoms with Gasteiger partial charge in [-0.3, -0.25) is 0 Å². The van der Waals surface area contributed by atoms with Crippen LogP contribution in [0.1, 0.15) is 17.0 Å². The minimum absolute atomic E-state index is 0.0494. The molecule has 0 radical (unpaired) electrons. The molecule has 2 aromatic rings. The van der Waals surface area contributed by atoms with Crippen LogP contribution >= 0.6 is 0 Å². The molecule has 1 aromatic carbocycles. The minimum atomic E-state index is 0.0494. The predicted octanol–water partition coefficient (Wildman–Crippen LogP) is 2.20. The van der Waals surface area contributed by atoms with Crippen molar-refractivity contribution in [2.45, 2.75) is 13.8 Å². The third-order valence-electron chi connectivity index (χ3n) is 3.15. The first-order valence-electron chi connectivity index (χ1n) is 5.96. The minimum Gasteiger partial charge on any atom is -0.396 e. The van der Waals surface area contributed by atoms with Crippen LogP contribution in [0.15, 0.2) is 42.1 Å². The average Bonchev–Trinajstić information content (AvgIpc) is 2.73. The Morgan fingerprint density at radius 3 is 2.37 bits per heavy atom. The maximum absolute atomic E-state index is 8.83. The molecular weight excluding hydrogens is 236 g/mol. The lowest BCUT2D eigenvalue weighted by atomic mass is 10.1. The van der Waals surface area contributed by atoms with Crippen LogP contribution in [-0.2, 0) is 0 Å². The van der Waals surface area contributed by atoms with Crippen LogP contribution in [0.4, 0.5) is 0 Å². The van der Waals surface area contributed by atoms with Crippen LogP contribution in [0.25, 0.3) is 11.4 Å². The van der Waals surface area contributed by atoms with Gasteiger partial charge in [0.15, 0.2) is 0 Å². The summed E-state index contributed by atoms with van der Waals surface area (Å²) in [4.78, 5) is 0. The Morgan fingerprint density at radius 2 is 1.79 bits per heavy atom. The van der Waals surface area contributed by atoms with Crippen LogP contribution < -0.4 is 11.5 Å². The molecule has 0 atom stereocenters. The lowest BCUT2D eigenvalue weighted by Crippen LogP contribution is -2.08. The average molecular weight is 252 g/mol. The van der Waals surface area contributed by atoms with Crippen molar-refractivity contribution in [2.75, 3.05) is 0 Å². The van der Waals surface area contributed by atoms with Gasteiger partial charge in [0.1, 0.15) is 11.8 Å². The van der Waals surface area contributed by atoms with Gasteiger partial charge in [0.2, 0.25) is 0 Å². The van der Waals surface area contributed by atoms with Crippen LogP contribution in [0, 0.1) is 25.2 Å². The van der Waals surface area contributed by atoms with E-state index >= 15 is 0 Å². The van der Waals surface area contributed by atoms with Gasteiger partial charge in [0, 0.05) is 22.6 Å². The van der Waals surface area contributed by atoms with E-state index in [1.807, 2.05) is 56.3 Å². The fraction of sp³-hybridized carbons (Fsp3) is 0.133.